The third kappa shape index (κ3) is 3.91. The maximum absolute atomic E-state index is 6.04. The fraction of sp³-hybridized carbons (Fsp3) is 0.261. The molecule has 0 N–H and O–H groups in total. The van der Waals surface area contributed by atoms with Crippen molar-refractivity contribution < 1.29 is 4.74 Å². The SMILES string of the molecule is Cc1cccc(OCCCn2c(Cc3cccs3)nc3ccccc32)c1C. The predicted octanol–water partition coefficient (Wildman–Crippen LogP) is 5.77. The quantitative estimate of drug-likeness (QED) is 0.383. The Morgan fingerprint density at radius 1 is 1.00 bits per heavy atom. The molecule has 0 fully saturated rings. The van der Waals surface area contributed by atoms with Gasteiger partial charge < -0.3 is 9.30 Å². The van der Waals surface area contributed by atoms with Gasteiger partial charge in [-0.05, 0) is 61.0 Å². The van der Waals surface area contributed by atoms with E-state index >= 15 is 0 Å². The summed E-state index contributed by atoms with van der Waals surface area (Å²) in [4.78, 5) is 6.22. The topological polar surface area (TPSA) is 27.1 Å². The van der Waals surface area contributed by atoms with Crippen molar-refractivity contribution in [1.29, 1.82) is 0 Å². The third-order valence-electron chi connectivity index (χ3n) is 4.98. The highest BCUT2D eigenvalue weighted by atomic mass is 32.1. The van der Waals surface area contributed by atoms with Crippen molar-refractivity contribution in [2.45, 2.75) is 33.2 Å². The molecule has 0 amide bonds. The van der Waals surface area contributed by atoms with E-state index in [-0.39, 0.29) is 0 Å². The Hall–Kier alpha value is -2.59. The van der Waals surface area contributed by atoms with Gasteiger partial charge in [0.25, 0.3) is 0 Å². The normalized spacial score (nSPS) is 11.2. The molecule has 0 unspecified atom stereocenters. The van der Waals surface area contributed by atoms with Crippen LogP contribution < -0.4 is 4.74 Å². The lowest BCUT2D eigenvalue weighted by Gasteiger charge is -2.12. The van der Waals surface area contributed by atoms with E-state index in [1.807, 2.05) is 0 Å². The van der Waals surface area contributed by atoms with Gasteiger partial charge in [-0.15, -0.1) is 11.3 Å². The molecule has 2 aromatic carbocycles. The summed E-state index contributed by atoms with van der Waals surface area (Å²) in [6.45, 7) is 5.85. The summed E-state index contributed by atoms with van der Waals surface area (Å²) in [5, 5.41) is 2.13. The zero-order valence-electron chi connectivity index (χ0n) is 15.8. The highest BCUT2D eigenvalue weighted by molar-refractivity contribution is 7.09. The molecule has 0 atom stereocenters. The van der Waals surface area contributed by atoms with Gasteiger partial charge in [-0.1, -0.05) is 30.3 Å². The first kappa shape index (κ1) is 17.8. The maximum Gasteiger partial charge on any atom is 0.122 e. The van der Waals surface area contributed by atoms with Crippen LogP contribution in [0.1, 0.15) is 28.2 Å². The molecule has 27 heavy (non-hydrogen) atoms. The van der Waals surface area contributed by atoms with Gasteiger partial charge in [-0.3, -0.25) is 0 Å². The largest absolute Gasteiger partial charge is 0.493 e. The van der Waals surface area contributed by atoms with Gasteiger partial charge in [0.05, 0.1) is 17.6 Å². The van der Waals surface area contributed by atoms with Gasteiger partial charge in [-0.2, -0.15) is 0 Å². The van der Waals surface area contributed by atoms with Gasteiger partial charge in [0, 0.05) is 17.8 Å². The molecule has 138 valence electrons. The van der Waals surface area contributed by atoms with Crippen LogP contribution in [0.25, 0.3) is 11.0 Å². The molecular formula is C23H24N2OS. The number of rotatable bonds is 7. The predicted molar refractivity (Wildman–Crippen MR) is 113 cm³/mol. The zero-order chi connectivity index (χ0) is 18.6. The molecule has 4 rings (SSSR count). The van der Waals surface area contributed by atoms with Crippen LogP contribution in [-0.4, -0.2) is 16.2 Å². The second-order valence-corrected chi connectivity index (χ2v) is 7.86. The molecule has 0 saturated carbocycles. The van der Waals surface area contributed by atoms with Crippen molar-refractivity contribution in [3.05, 3.63) is 81.8 Å². The van der Waals surface area contributed by atoms with Gasteiger partial charge >= 0.3 is 0 Å². The summed E-state index contributed by atoms with van der Waals surface area (Å²) in [5.74, 6) is 2.12. The number of benzene rings is 2. The molecule has 4 aromatic rings. The molecule has 2 aromatic heterocycles. The maximum atomic E-state index is 6.04. The Balaban J connectivity index is 1.48. The molecule has 0 spiro atoms. The number of aromatic nitrogens is 2. The number of imidazole rings is 1. The standard InChI is InChI=1S/C23H24N2OS/c1-17-8-5-12-22(18(17)2)26-14-7-13-25-21-11-4-3-10-20(21)24-23(25)16-19-9-6-15-27-19/h3-6,8-12,15H,7,13-14,16H2,1-2H3. The van der Waals surface area contributed by atoms with Crippen molar-refractivity contribution in [2.75, 3.05) is 6.61 Å². The van der Waals surface area contributed by atoms with E-state index in [0.29, 0.717) is 6.61 Å². The van der Waals surface area contributed by atoms with E-state index in [2.05, 4.69) is 78.4 Å². The van der Waals surface area contributed by atoms with Crippen LogP contribution in [0.5, 0.6) is 5.75 Å². The van der Waals surface area contributed by atoms with Crippen molar-refractivity contribution >= 4 is 22.4 Å². The Bertz CT molecular complexity index is 1030. The lowest BCUT2D eigenvalue weighted by atomic mass is 10.1. The second kappa shape index (κ2) is 7.97. The number of fused-ring (bicyclic) bond motifs is 1. The monoisotopic (exact) mass is 376 g/mol. The van der Waals surface area contributed by atoms with Crippen molar-refractivity contribution in [2.24, 2.45) is 0 Å². The van der Waals surface area contributed by atoms with Crippen LogP contribution in [0.2, 0.25) is 0 Å². The highest BCUT2D eigenvalue weighted by Gasteiger charge is 2.11. The molecule has 3 nitrogen and oxygen atoms in total. The van der Waals surface area contributed by atoms with E-state index in [1.165, 1.54) is 21.5 Å². The fourth-order valence-corrected chi connectivity index (χ4v) is 4.07. The minimum atomic E-state index is 0.704. The summed E-state index contributed by atoms with van der Waals surface area (Å²) in [7, 11) is 0. The smallest absolute Gasteiger partial charge is 0.122 e. The number of hydrogen-bond acceptors (Lipinski definition) is 3. The summed E-state index contributed by atoms with van der Waals surface area (Å²) >= 11 is 1.79. The van der Waals surface area contributed by atoms with Crippen LogP contribution in [0.4, 0.5) is 0 Å². The number of aryl methyl sites for hydroxylation is 2. The average Bonchev–Trinajstić information content (AvgIpc) is 3.30. The molecule has 4 heteroatoms. The van der Waals surface area contributed by atoms with Crippen LogP contribution in [-0.2, 0) is 13.0 Å². The van der Waals surface area contributed by atoms with E-state index < -0.39 is 0 Å². The molecule has 0 radical (unpaired) electrons. The van der Waals surface area contributed by atoms with Crippen LogP contribution in [0, 0.1) is 13.8 Å². The van der Waals surface area contributed by atoms with Gasteiger partial charge in [0.1, 0.15) is 11.6 Å². The fourth-order valence-electron chi connectivity index (χ4n) is 3.36. The van der Waals surface area contributed by atoms with Gasteiger partial charge in [0.15, 0.2) is 0 Å². The minimum Gasteiger partial charge on any atom is -0.493 e. The second-order valence-electron chi connectivity index (χ2n) is 6.82. The van der Waals surface area contributed by atoms with Crippen LogP contribution in [0.15, 0.2) is 60.0 Å². The number of para-hydroxylation sites is 2. The van der Waals surface area contributed by atoms with Crippen molar-refractivity contribution in [3.8, 4) is 5.75 Å². The first-order valence-electron chi connectivity index (χ1n) is 9.38. The van der Waals surface area contributed by atoms with E-state index in [1.54, 1.807) is 11.3 Å². The number of nitrogens with zero attached hydrogens (tertiary/aromatic N) is 2. The Morgan fingerprint density at radius 2 is 1.89 bits per heavy atom. The first-order chi connectivity index (χ1) is 13.2. The first-order valence-corrected chi connectivity index (χ1v) is 10.3. The summed E-state index contributed by atoms with van der Waals surface area (Å²) in [6.07, 6.45) is 1.83. The summed E-state index contributed by atoms with van der Waals surface area (Å²) < 4.78 is 8.39. The third-order valence-corrected chi connectivity index (χ3v) is 5.86. The molecule has 2 heterocycles. The van der Waals surface area contributed by atoms with Crippen molar-refractivity contribution in [1.82, 2.24) is 9.55 Å². The Kier molecular flexibility index (Phi) is 5.26. The van der Waals surface area contributed by atoms with E-state index in [0.717, 1.165) is 36.5 Å². The van der Waals surface area contributed by atoms with Crippen molar-refractivity contribution in [3.63, 3.8) is 0 Å². The van der Waals surface area contributed by atoms with Crippen LogP contribution in [0.3, 0.4) is 0 Å². The van der Waals surface area contributed by atoms with Gasteiger partial charge in [0.2, 0.25) is 0 Å². The Morgan fingerprint density at radius 3 is 2.74 bits per heavy atom. The Labute approximate surface area is 164 Å². The molecule has 0 bridgehead atoms. The summed E-state index contributed by atoms with van der Waals surface area (Å²) in [6, 6.07) is 18.9. The minimum absolute atomic E-state index is 0.704. The molecule has 0 saturated heterocycles. The molecular weight excluding hydrogens is 352 g/mol. The molecule has 0 aliphatic rings. The molecule has 0 aliphatic heterocycles. The lowest BCUT2D eigenvalue weighted by Crippen LogP contribution is -2.08. The van der Waals surface area contributed by atoms with Crippen LogP contribution >= 0.6 is 11.3 Å². The average molecular weight is 377 g/mol. The molecule has 0 aliphatic carbocycles. The van der Waals surface area contributed by atoms with Gasteiger partial charge in [-0.25, -0.2) is 4.98 Å². The highest BCUT2D eigenvalue weighted by Crippen LogP contribution is 2.22. The van der Waals surface area contributed by atoms with E-state index in [4.69, 9.17) is 9.72 Å². The number of hydrogen-bond donors (Lipinski definition) is 0. The number of ether oxygens (including phenoxy) is 1. The number of thiophene rings is 1. The van der Waals surface area contributed by atoms with E-state index in [9.17, 15) is 0 Å². The summed E-state index contributed by atoms with van der Waals surface area (Å²) in [5.41, 5.74) is 4.77. The lowest BCUT2D eigenvalue weighted by molar-refractivity contribution is 0.300. The zero-order valence-corrected chi connectivity index (χ0v) is 16.6.